The van der Waals surface area contributed by atoms with Gasteiger partial charge in [-0.25, -0.2) is 9.18 Å². The maximum Gasteiger partial charge on any atom is 0.414 e. The molecule has 1 amide bonds. The molecule has 1 aromatic rings. The van der Waals surface area contributed by atoms with Crippen LogP contribution in [0.1, 0.15) is 6.42 Å². The zero-order valence-electron chi connectivity index (χ0n) is 8.07. The second kappa shape index (κ2) is 3.76. The van der Waals surface area contributed by atoms with E-state index >= 15 is 0 Å². The van der Waals surface area contributed by atoms with E-state index < -0.39 is 11.9 Å². The molecule has 1 aliphatic heterocycles. The number of hydrogen-bond donors (Lipinski definition) is 1. The number of cyclic esters (lactones) is 1. The Kier molecular flexibility index (Phi) is 2.45. The second-order valence-corrected chi connectivity index (χ2v) is 3.30. The van der Waals surface area contributed by atoms with Gasteiger partial charge in [0.05, 0.1) is 12.3 Å². The van der Waals surface area contributed by atoms with Crippen LogP contribution in [0.2, 0.25) is 0 Å². The van der Waals surface area contributed by atoms with Gasteiger partial charge in [-0.1, -0.05) is 6.07 Å². The largest absolute Gasteiger partial charge is 0.449 e. The third-order valence-electron chi connectivity index (χ3n) is 2.26. The molecule has 2 rings (SSSR count). The highest BCUT2D eigenvalue weighted by atomic mass is 19.1. The number of halogens is 1. The molecule has 4 nitrogen and oxygen atoms in total. The second-order valence-electron chi connectivity index (χ2n) is 3.30. The summed E-state index contributed by atoms with van der Waals surface area (Å²) in [7, 11) is 0. The zero-order chi connectivity index (χ0) is 10.8. The van der Waals surface area contributed by atoms with Crippen molar-refractivity contribution in [1.29, 1.82) is 0 Å². The topological polar surface area (TPSA) is 55.6 Å². The van der Waals surface area contributed by atoms with Crippen LogP contribution in [0.15, 0.2) is 18.2 Å². The molecule has 0 saturated carbocycles. The summed E-state index contributed by atoms with van der Waals surface area (Å²) in [6, 6.07) is 4.33. The molecule has 1 aromatic carbocycles. The first-order valence-corrected chi connectivity index (χ1v) is 4.68. The minimum atomic E-state index is -0.543. The van der Waals surface area contributed by atoms with Gasteiger partial charge in [0.1, 0.15) is 11.5 Å². The smallest absolute Gasteiger partial charge is 0.414 e. The maximum absolute atomic E-state index is 13.5. The minimum absolute atomic E-state index is 0.113. The molecule has 1 saturated heterocycles. The standard InChI is InChI=1S/C10H11FN2O2/c11-7-3-1-4-8(12)9(7)13-5-2-6-15-10(13)14/h1,3-4H,2,5-6,12H2. The first-order valence-electron chi connectivity index (χ1n) is 4.68. The average molecular weight is 210 g/mol. The molecule has 0 aliphatic carbocycles. The summed E-state index contributed by atoms with van der Waals surface area (Å²) >= 11 is 0. The summed E-state index contributed by atoms with van der Waals surface area (Å²) in [6.45, 7) is 0.813. The molecule has 1 heterocycles. The molecule has 1 fully saturated rings. The van der Waals surface area contributed by atoms with E-state index in [1.54, 1.807) is 6.07 Å². The third kappa shape index (κ3) is 1.72. The van der Waals surface area contributed by atoms with E-state index in [2.05, 4.69) is 0 Å². The van der Waals surface area contributed by atoms with Crippen molar-refractivity contribution >= 4 is 17.5 Å². The van der Waals surface area contributed by atoms with Gasteiger partial charge >= 0.3 is 6.09 Å². The summed E-state index contributed by atoms with van der Waals surface area (Å²) in [5.41, 5.74) is 5.98. The number of carbonyl (C=O) groups excluding carboxylic acids is 1. The molecule has 0 spiro atoms. The van der Waals surface area contributed by atoms with E-state index in [0.717, 1.165) is 0 Å². The van der Waals surface area contributed by atoms with Crippen molar-refractivity contribution in [2.75, 3.05) is 23.8 Å². The lowest BCUT2D eigenvalue weighted by atomic mass is 10.2. The van der Waals surface area contributed by atoms with Gasteiger partial charge in [0.2, 0.25) is 0 Å². The number of ether oxygens (including phenoxy) is 1. The minimum Gasteiger partial charge on any atom is -0.449 e. The summed E-state index contributed by atoms with van der Waals surface area (Å²) in [4.78, 5) is 12.6. The highest BCUT2D eigenvalue weighted by Gasteiger charge is 2.25. The Morgan fingerprint density at radius 3 is 2.93 bits per heavy atom. The maximum atomic E-state index is 13.5. The van der Waals surface area contributed by atoms with Crippen LogP contribution >= 0.6 is 0 Å². The number of nitrogens with two attached hydrogens (primary N) is 1. The van der Waals surface area contributed by atoms with Gasteiger partial charge in [0, 0.05) is 6.54 Å². The predicted molar refractivity (Wildman–Crippen MR) is 54.1 cm³/mol. The fraction of sp³-hybridized carbons (Fsp3) is 0.300. The van der Waals surface area contributed by atoms with E-state index in [9.17, 15) is 9.18 Å². The van der Waals surface area contributed by atoms with Crippen molar-refractivity contribution in [3.63, 3.8) is 0 Å². The van der Waals surface area contributed by atoms with Crippen molar-refractivity contribution in [3.8, 4) is 0 Å². The molecule has 2 N–H and O–H groups in total. The number of anilines is 2. The first-order chi connectivity index (χ1) is 7.20. The van der Waals surface area contributed by atoms with E-state index in [0.29, 0.717) is 19.6 Å². The van der Waals surface area contributed by atoms with Gasteiger partial charge in [-0.2, -0.15) is 0 Å². The number of rotatable bonds is 1. The number of nitrogens with zero attached hydrogens (tertiary/aromatic N) is 1. The normalized spacial score (nSPS) is 16.3. The van der Waals surface area contributed by atoms with Crippen LogP contribution in [-0.2, 0) is 4.74 Å². The number of nitrogen functional groups attached to an aromatic ring is 1. The first kappa shape index (κ1) is 9.76. The average Bonchev–Trinajstić information content (AvgIpc) is 2.20. The van der Waals surface area contributed by atoms with E-state index in [1.807, 2.05) is 0 Å². The van der Waals surface area contributed by atoms with Crippen molar-refractivity contribution in [3.05, 3.63) is 24.0 Å². The molecule has 80 valence electrons. The van der Waals surface area contributed by atoms with Crippen LogP contribution in [-0.4, -0.2) is 19.2 Å². The lowest BCUT2D eigenvalue weighted by molar-refractivity contribution is 0.140. The summed E-state index contributed by atoms with van der Waals surface area (Å²) < 4.78 is 18.3. The molecule has 1 aliphatic rings. The third-order valence-corrected chi connectivity index (χ3v) is 2.26. The van der Waals surface area contributed by atoms with Crippen LogP contribution in [0, 0.1) is 5.82 Å². The van der Waals surface area contributed by atoms with Gasteiger partial charge in [-0.3, -0.25) is 4.90 Å². The Morgan fingerprint density at radius 1 is 1.47 bits per heavy atom. The highest BCUT2D eigenvalue weighted by Crippen LogP contribution is 2.28. The highest BCUT2D eigenvalue weighted by molar-refractivity contribution is 5.92. The fourth-order valence-electron chi connectivity index (χ4n) is 1.57. The van der Waals surface area contributed by atoms with Gasteiger partial charge in [0.15, 0.2) is 0 Å². The number of amides is 1. The molecule has 5 heteroatoms. The Morgan fingerprint density at radius 2 is 2.27 bits per heavy atom. The quantitative estimate of drug-likeness (QED) is 0.718. The number of benzene rings is 1. The summed E-state index contributed by atoms with van der Waals surface area (Å²) in [5.74, 6) is -0.506. The molecule has 0 radical (unpaired) electrons. The van der Waals surface area contributed by atoms with E-state index in [4.69, 9.17) is 10.5 Å². The van der Waals surface area contributed by atoms with Gasteiger partial charge in [-0.05, 0) is 18.6 Å². The van der Waals surface area contributed by atoms with Crippen molar-refractivity contribution < 1.29 is 13.9 Å². The number of para-hydroxylation sites is 1. The van der Waals surface area contributed by atoms with E-state index in [-0.39, 0.29) is 11.4 Å². The molecular weight excluding hydrogens is 199 g/mol. The van der Waals surface area contributed by atoms with Crippen LogP contribution in [0.3, 0.4) is 0 Å². The SMILES string of the molecule is Nc1cccc(F)c1N1CCCOC1=O. The molecule has 0 atom stereocenters. The summed E-state index contributed by atoms with van der Waals surface area (Å²) in [5, 5.41) is 0. The van der Waals surface area contributed by atoms with Crippen molar-refractivity contribution in [2.24, 2.45) is 0 Å². The zero-order valence-corrected chi connectivity index (χ0v) is 8.07. The Bertz CT molecular complexity index is 375. The van der Waals surface area contributed by atoms with Crippen LogP contribution < -0.4 is 10.6 Å². The van der Waals surface area contributed by atoms with Gasteiger partial charge in [-0.15, -0.1) is 0 Å². The molecule has 0 unspecified atom stereocenters. The van der Waals surface area contributed by atoms with Crippen LogP contribution in [0.25, 0.3) is 0 Å². The molecule has 0 aromatic heterocycles. The lowest BCUT2D eigenvalue weighted by Gasteiger charge is -2.27. The Hall–Kier alpha value is -1.78. The summed E-state index contributed by atoms with van der Waals surface area (Å²) in [6.07, 6.45) is 0.137. The van der Waals surface area contributed by atoms with Crippen LogP contribution in [0.4, 0.5) is 20.6 Å². The fourth-order valence-corrected chi connectivity index (χ4v) is 1.57. The molecular formula is C10H11FN2O2. The Labute approximate surface area is 86.4 Å². The number of hydrogen-bond acceptors (Lipinski definition) is 3. The van der Waals surface area contributed by atoms with Gasteiger partial charge in [0.25, 0.3) is 0 Å². The van der Waals surface area contributed by atoms with Gasteiger partial charge < -0.3 is 10.5 Å². The van der Waals surface area contributed by atoms with Crippen molar-refractivity contribution in [1.82, 2.24) is 0 Å². The van der Waals surface area contributed by atoms with Crippen molar-refractivity contribution in [2.45, 2.75) is 6.42 Å². The van der Waals surface area contributed by atoms with Crippen LogP contribution in [0.5, 0.6) is 0 Å². The monoisotopic (exact) mass is 210 g/mol. The molecule has 0 bridgehead atoms. The lowest BCUT2D eigenvalue weighted by Crippen LogP contribution is -2.38. The Balaban J connectivity index is 2.39. The predicted octanol–water partition coefficient (Wildman–Crippen LogP) is 1.75. The molecule has 15 heavy (non-hydrogen) atoms. The number of carbonyl (C=O) groups is 1. The van der Waals surface area contributed by atoms with E-state index in [1.165, 1.54) is 17.0 Å².